The van der Waals surface area contributed by atoms with Gasteiger partial charge in [-0.2, -0.15) is 9.97 Å². The lowest BCUT2D eigenvalue weighted by Crippen LogP contribution is -2.53. The van der Waals surface area contributed by atoms with Crippen LogP contribution in [0.15, 0.2) is 36.5 Å². The third-order valence-corrected chi connectivity index (χ3v) is 9.98. The number of ether oxygens (including phenoxy) is 2. The second kappa shape index (κ2) is 10.4. The van der Waals surface area contributed by atoms with E-state index in [1.165, 1.54) is 6.07 Å². The number of rotatable bonds is 5. The zero-order valence-corrected chi connectivity index (χ0v) is 24.0. The molecule has 6 heterocycles. The smallest absolute Gasteiger partial charge is 0.317 e. The van der Waals surface area contributed by atoms with Crippen molar-refractivity contribution in [3.63, 3.8) is 0 Å². The second-order valence-corrected chi connectivity index (χ2v) is 12.6. The van der Waals surface area contributed by atoms with Gasteiger partial charge in [-0.05, 0) is 75.2 Å². The van der Waals surface area contributed by atoms with Gasteiger partial charge in [0.15, 0.2) is 5.82 Å². The molecule has 4 fully saturated rings. The van der Waals surface area contributed by atoms with Crippen molar-refractivity contribution >= 4 is 21.7 Å². The number of phenols is 1. The largest absolute Gasteiger partial charge is 0.508 e. The molecule has 8 nitrogen and oxygen atoms in total. The molecule has 2 atom stereocenters. The summed E-state index contributed by atoms with van der Waals surface area (Å²) in [5.74, 6) is 2.21. The molecule has 220 valence electrons. The number of aromatic nitrogens is 3. The fraction of sp³-hybridized carbons (Fsp3) is 0.441. The number of pyridine rings is 1. The molecule has 4 aromatic rings. The zero-order chi connectivity index (χ0) is 29.1. The summed E-state index contributed by atoms with van der Waals surface area (Å²) in [5, 5.41) is 16.2. The summed E-state index contributed by atoms with van der Waals surface area (Å²) >= 11 is 0. The maximum Gasteiger partial charge on any atom is 0.317 e. The Hall–Kier alpha value is -3.84. The Morgan fingerprint density at radius 3 is 2.70 bits per heavy atom. The maximum atomic E-state index is 16.8. The van der Waals surface area contributed by atoms with Crippen LogP contribution in [-0.2, 0) is 4.74 Å². The van der Waals surface area contributed by atoms with Crippen LogP contribution in [0.25, 0.3) is 32.9 Å². The molecule has 4 aliphatic rings. The molecule has 43 heavy (non-hydrogen) atoms. The number of hydrogen-bond acceptors (Lipinski definition) is 8. The molecule has 2 N–H and O–H groups in total. The zero-order valence-electron chi connectivity index (χ0n) is 24.0. The minimum absolute atomic E-state index is 0.00534. The summed E-state index contributed by atoms with van der Waals surface area (Å²) < 4.78 is 29.0. The summed E-state index contributed by atoms with van der Waals surface area (Å²) in [7, 11) is 0. The summed E-state index contributed by atoms with van der Waals surface area (Å²) in [6.07, 6.45) is 13.7. The summed E-state index contributed by atoms with van der Waals surface area (Å²) in [6, 6.07) is 9.25. The van der Waals surface area contributed by atoms with Crippen LogP contribution >= 0.6 is 0 Å². The van der Waals surface area contributed by atoms with Crippen LogP contribution in [0.3, 0.4) is 0 Å². The Kier molecular flexibility index (Phi) is 6.48. The topological polar surface area (TPSA) is 92.6 Å². The SMILES string of the molecule is C#Cc1cccc2cc(O)cc(-c3ncc4c(C5CC6COCC(C5)N6)nc(OCC56CCCN5CCC6)nc4c3F)c12. The van der Waals surface area contributed by atoms with Crippen LogP contribution < -0.4 is 10.1 Å². The van der Waals surface area contributed by atoms with Crippen molar-refractivity contribution in [3.05, 3.63) is 53.6 Å². The Bertz CT molecular complexity index is 1770. The van der Waals surface area contributed by atoms with E-state index in [9.17, 15) is 5.11 Å². The first-order chi connectivity index (χ1) is 21.0. The van der Waals surface area contributed by atoms with Gasteiger partial charge in [0.05, 0.1) is 24.4 Å². The predicted octanol–water partition coefficient (Wildman–Crippen LogP) is 4.91. The Labute approximate surface area is 249 Å². The first-order valence-corrected chi connectivity index (χ1v) is 15.3. The average molecular weight is 580 g/mol. The molecule has 4 aliphatic heterocycles. The number of fused-ring (bicyclic) bond motifs is 5. The van der Waals surface area contributed by atoms with Crippen molar-refractivity contribution in [2.75, 3.05) is 32.9 Å². The van der Waals surface area contributed by atoms with Crippen molar-refractivity contribution in [1.82, 2.24) is 25.2 Å². The van der Waals surface area contributed by atoms with Gasteiger partial charge in [-0.3, -0.25) is 9.88 Å². The van der Waals surface area contributed by atoms with Gasteiger partial charge in [-0.25, -0.2) is 4.39 Å². The number of piperidine rings is 1. The molecule has 2 unspecified atom stereocenters. The highest BCUT2D eigenvalue weighted by Gasteiger charge is 2.45. The van der Waals surface area contributed by atoms with Gasteiger partial charge < -0.3 is 19.9 Å². The van der Waals surface area contributed by atoms with Crippen molar-refractivity contribution in [2.45, 2.75) is 62.1 Å². The molecular formula is C34H34FN5O3. The van der Waals surface area contributed by atoms with E-state index < -0.39 is 5.82 Å². The van der Waals surface area contributed by atoms with E-state index >= 15 is 4.39 Å². The predicted molar refractivity (Wildman–Crippen MR) is 162 cm³/mol. The molecule has 8 rings (SSSR count). The number of terminal acetylenes is 1. The number of aromatic hydroxyl groups is 1. The van der Waals surface area contributed by atoms with Gasteiger partial charge in [-0.15, -0.1) is 6.42 Å². The summed E-state index contributed by atoms with van der Waals surface area (Å²) in [6.45, 7) is 3.97. The maximum absolute atomic E-state index is 16.8. The standard InChI is InChI=1S/C34H34FN5O3/c1-2-20-6-3-7-21-14-25(41)15-26(28(20)21)31-29(35)32-27(16-36-31)30(22-12-23-17-42-18-24(13-22)37-23)38-33(39-32)43-19-34-8-4-10-40(34)11-5-9-34/h1,3,6-7,14-16,22-24,37,41H,4-5,8-13,17-19H2. The minimum atomic E-state index is -0.580. The number of phenolic OH excluding ortho intramolecular Hbond substituents is 1. The number of nitrogens with zero attached hydrogens (tertiary/aromatic N) is 4. The number of nitrogens with one attached hydrogen (secondary N) is 1. The van der Waals surface area contributed by atoms with Gasteiger partial charge in [-0.1, -0.05) is 18.1 Å². The number of morpholine rings is 1. The van der Waals surface area contributed by atoms with Crippen LogP contribution in [0.2, 0.25) is 0 Å². The Balaban J connectivity index is 1.27. The van der Waals surface area contributed by atoms with Crippen LogP contribution in [-0.4, -0.2) is 75.5 Å². The lowest BCUT2D eigenvalue weighted by atomic mass is 9.83. The third-order valence-electron chi connectivity index (χ3n) is 9.98. The molecule has 2 aromatic carbocycles. The van der Waals surface area contributed by atoms with Gasteiger partial charge in [0.25, 0.3) is 0 Å². The molecule has 0 spiro atoms. The van der Waals surface area contributed by atoms with Crippen molar-refractivity contribution in [1.29, 1.82) is 0 Å². The van der Waals surface area contributed by atoms with Crippen molar-refractivity contribution in [2.24, 2.45) is 0 Å². The highest BCUT2D eigenvalue weighted by molar-refractivity contribution is 6.02. The van der Waals surface area contributed by atoms with E-state index in [-0.39, 0.29) is 46.5 Å². The van der Waals surface area contributed by atoms with E-state index in [2.05, 4.69) is 21.1 Å². The fourth-order valence-electron chi connectivity index (χ4n) is 8.06. The van der Waals surface area contributed by atoms with Gasteiger partial charge in [0, 0.05) is 46.1 Å². The molecule has 0 saturated carbocycles. The lowest BCUT2D eigenvalue weighted by molar-refractivity contribution is 0.0177. The molecule has 0 amide bonds. The van der Waals surface area contributed by atoms with Crippen LogP contribution in [0.5, 0.6) is 11.8 Å². The second-order valence-electron chi connectivity index (χ2n) is 12.6. The Morgan fingerprint density at radius 1 is 1.14 bits per heavy atom. The first-order valence-electron chi connectivity index (χ1n) is 15.3. The molecular weight excluding hydrogens is 545 g/mol. The molecule has 9 heteroatoms. The number of hydrogen-bond donors (Lipinski definition) is 2. The van der Waals surface area contributed by atoms with E-state index in [0.717, 1.165) is 57.3 Å². The van der Waals surface area contributed by atoms with Crippen molar-refractivity contribution in [3.8, 4) is 35.4 Å². The quantitative estimate of drug-likeness (QED) is 0.322. The molecule has 0 radical (unpaired) electrons. The van der Waals surface area contributed by atoms with Gasteiger partial charge in [0.2, 0.25) is 0 Å². The average Bonchev–Trinajstić information content (AvgIpc) is 3.60. The lowest BCUT2D eigenvalue weighted by Gasteiger charge is -2.40. The van der Waals surface area contributed by atoms with Gasteiger partial charge in [0.1, 0.15) is 23.6 Å². The normalized spacial score (nSPS) is 24.7. The molecule has 4 saturated heterocycles. The fourth-order valence-corrected chi connectivity index (χ4v) is 8.06. The van der Waals surface area contributed by atoms with Crippen molar-refractivity contribution < 1.29 is 19.0 Å². The number of halogens is 1. The van der Waals surface area contributed by atoms with Crippen LogP contribution in [0.4, 0.5) is 4.39 Å². The highest BCUT2D eigenvalue weighted by atomic mass is 19.1. The monoisotopic (exact) mass is 579 g/mol. The van der Waals surface area contributed by atoms with Gasteiger partial charge >= 0.3 is 6.01 Å². The molecule has 0 aliphatic carbocycles. The van der Waals surface area contributed by atoms with E-state index in [0.29, 0.717) is 47.1 Å². The highest BCUT2D eigenvalue weighted by Crippen LogP contribution is 2.42. The Morgan fingerprint density at radius 2 is 1.93 bits per heavy atom. The van der Waals surface area contributed by atoms with Crippen LogP contribution in [0.1, 0.15) is 55.7 Å². The summed E-state index contributed by atoms with van der Waals surface area (Å²) in [5.41, 5.74) is 2.06. The number of benzene rings is 2. The minimum Gasteiger partial charge on any atom is -0.508 e. The van der Waals surface area contributed by atoms with E-state index in [4.69, 9.17) is 25.9 Å². The third kappa shape index (κ3) is 4.51. The molecule has 2 aromatic heterocycles. The van der Waals surface area contributed by atoms with Crippen LogP contribution in [0, 0.1) is 18.2 Å². The van der Waals surface area contributed by atoms with E-state index in [1.54, 1.807) is 18.3 Å². The molecule has 2 bridgehead atoms. The summed E-state index contributed by atoms with van der Waals surface area (Å²) in [4.78, 5) is 16.8. The first kappa shape index (κ1) is 26.8. The van der Waals surface area contributed by atoms with E-state index in [1.807, 2.05) is 12.1 Å².